The summed E-state index contributed by atoms with van der Waals surface area (Å²) < 4.78 is 0. The van der Waals surface area contributed by atoms with Crippen LogP contribution in [0, 0.1) is 12.8 Å². The molecule has 150 valence electrons. The summed E-state index contributed by atoms with van der Waals surface area (Å²) in [6.07, 6.45) is 5.20. The second-order valence-corrected chi connectivity index (χ2v) is 10.4. The number of nitrogens with zero attached hydrogens (tertiary/aromatic N) is 1. The van der Waals surface area contributed by atoms with Crippen LogP contribution in [0.2, 0.25) is 0 Å². The van der Waals surface area contributed by atoms with Crippen molar-refractivity contribution in [2.24, 2.45) is 5.92 Å². The molecule has 0 spiro atoms. The summed E-state index contributed by atoms with van der Waals surface area (Å²) in [6.45, 7) is 9.03. The molecule has 0 saturated carbocycles. The van der Waals surface area contributed by atoms with Crippen molar-refractivity contribution in [2.75, 3.05) is 23.7 Å². The molecule has 28 heavy (non-hydrogen) atoms. The van der Waals surface area contributed by atoms with E-state index in [4.69, 9.17) is 0 Å². The number of hydrogen-bond donors (Lipinski definition) is 1. The number of nitrogens with one attached hydrogen (secondary N) is 1. The van der Waals surface area contributed by atoms with Crippen molar-refractivity contribution in [1.29, 1.82) is 0 Å². The van der Waals surface area contributed by atoms with E-state index >= 15 is 0 Å². The van der Waals surface area contributed by atoms with Crippen molar-refractivity contribution in [3.63, 3.8) is 0 Å². The van der Waals surface area contributed by atoms with Gasteiger partial charge >= 0.3 is 0 Å². The van der Waals surface area contributed by atoms with E-state index < -0.39 is 0 Å². The highest BCUT2D eigenvalue weighted by Gasteiger charge is 2.26. The molecule has 0 bridgehead atoms. The van der Waals surface area contributed by atoms with Gasteiger partial charge in [0.1, 0.15) is 0 Å². The molecule has 2 aliphatic rings. The van der Waals surface area contributed by atoms with E-state index in [-0.39, 0.29) is 0 Å². The number of rotatable bonds is 6. The average molecular weight is 413 g/mol. The molecule has 2 aliphatic heterocycles. The minimum Gasteiger partial charge on any atom is -0.340 e. The van der Waals surface area contributed by atoms with Crippen molar-refractivity contribution in [3.05, 3.63) is 42.0 Å². The van der Waals surface area contributed by atoms with Crippen LogP contribution in [0.15, 0.2) is 51.1 Å². The van der Waals surface area contributed by atoms with Crippen LogP contribution in [-0.4, -0.2) is 24.9 Å². The molecule has 2 unspecified atom stereocenters. The molecule has 4 heteroatoms. The number of hydrogen-bond acceptors (Lipinski definition) is 4. The van der Waals surface area contributed by atoms with Gasteiger partial charge < -0.3 is 10.2 Å². The van der Waals surface area contributed by atoms with Gasteiger partial charge in [0.2, 0.25) is 0 Å². The van der Waals surface area contributed by atoms with Crippen molar-refractivity contribution >= 4 is 34.9 Å². The SMILES string of the molecule is CCSc1ccc2c(c1)N(CCC1CC(CC)CCN1)c1ccc(C)cc1S2. The maximum absolute atomic E-state index is 3.78. The van der Waals surface area contributed by atoms with E-state index in [0.717, 1.165) is 18.2 Å². The van der Waals surface area contributed by atoms with Crippen LogP contribution >= 0.6 is 23.5 Å². The molecule has 0 radical (unpaired) electrons. The standard InChI is InChI=1S/C24H32N2S2/c1-4-18-10-12-25-19(15-18)11-13-26-21-8-6-17(3)14-24(21)28-23-9-7-20(27-5-2)16-22(23)26/h6-9,14,16,18-19,25H,4-5,10-13,15H2,1-3H3. The van der Waals surface area contributed by atoms with Crippen molar-refractivity contribution in [1.82, 2.24) is 5.32 Å². The summed E-state index contributed by atoms with van der Waals surface area (Å²) >= 11 is 3.86. The Morgan fingerprint density at radius 1 is 1.11 bits per heavy atom. The zero-order valence-corrected chi connectivity index (χ0v) is 19.0. The lowest BCUT2D eigenvalue weighted by Gasteiger charge is -2.36. The van der Waals surface area contributed by atoms with Gasteiger partial charge in [-0.1, -0.05) is 38.1 Å². The number of anilines is 2. The monoisotopic (exact) mass is 412 g/mol. The van der Waals surface area contributed by atoms with Crippen molar-refractivity contribution in [2.45, 2.75) is 67.2 Å². The van der Waals surface area contributed by atoms with Crippen LogP contribution in [0.25, 0.3) is 0 Å². The van der Waals surface area contributed by atoms with Gasteiger partial charge in [-0.2, -0.15) is 0 Å². The third-order valence-corrected chi connectivity index (χ3v) is 8.03. The van der Waals surface area contributed by atoms with Gasteiger partial charge in [-0.05, 0) is 80.3 Å². The molecule has 2 aromatic carbocycles. The summed E-state index contributed by atoms with van der Waals surface area (Å²) in [7, 11) is 0. The van der Waals surface area contributed by atoms with Gasteiger partial charge in [0, 0.05) is 27.3 Å². The van der Waals surface area contributed by atoms with Crippen LogP contribution in [-0.2, 0) is 0 Å². The first-order valence-electron chi connectivity index (χ1n) is 10.7. The minimum atomic E-state index is 0.652. The first kappa shape index (κ1) is 20.2. The second-order valence-electron chi connectivity index (χ2n) is 8.03. The van der Waals surface area contributed by atoms with Crippen LogP contribution in [0.1, 0.15) is 45.1 Å². The Kier molecular flexibility index (Phi) is 6.59. The maximum atomic E-state index is 3.78. The first-order chi connectivity index (χ1) is 13.7. The van der Waals surface area contributed by atoms with Crippen LogP contribution in [0.5, 0.6) is 0 Å². The van der Waals surface area contributed by atoms with Crippen molar-refractivity contribution < 1.29 is 0 Å². The Bertz CT molecular complexity index is 820. The molecule has 2 heterocycles. The van der Waals surface area contributed by atoms with E-state index in [2.05, 4.69) is 67.4 Å². The van der Waals surface area contributed by atoms with E-state index in [1.54, 1.807) is 0 Å². The second kappa shape index (κ2) is 9.15. The molecular formula is C24H32N2S2. The Morgan fingerprint density at radius 3 is 2.82 bits per heavy atom. The highest BCUT2D eigenvalue weighted by molar-refractivity contribution is 8.00. The fourth-order valence-corrected chi connectivity index (χ4v) is 6.30. The third-order valence-electron chi connectivity index (χ3n) is 6.04. The predicted octanol–water partition coefficient (Wildman–Crippen LogP) is 6.88. The lowest BCUT2D eigenvalue weighted by molar-refractivity contribution is 0.287. The molecule has 2 aromatic rings. The highest BCUT2D eigenvalue weighted by atomic mass is 32.2. The molecule has 0 aliphatic carbocycles. The van der Waals surface area contributed by atoms with Crippen molar-refractivity contribution in [3.8, 4) is 0 Å². The van der Waals surface area contributed by atoms with Gasteiger partial charge in [-0.3, -0.25) is 0 Å². The largest absolute Gasteiger partial charge is 0.340 e. The summed E-state index contributed by atoms with van der Waals surface area (Å²) in [5.74, 6) is 2.02. The minimum absolute atomic E-state index is 0.652. The zero-order valence-electron chi connectivity index (χ0n) is 17.3. The quantitative estimate of drug-likeness (QED) is 0.520. The highest BCUT2D eigenvalue weighted by Crippen LogP contribution is 2.49. The third kappa shape index (κ3) is 4.39. The molecule has 4 rings (SSSR count). The smallest absolute Gasteiger partial charge is 0.0564 e. The topological polar surface area (TPSA) is 15.3 Å². The molecule has 1 N–H and O–H groups in total. The normalized spacial score (nSPS) is 21.3. The Balaban J connectivity index is 1.60. The van der Waals surface area contributed by atoms with E-state index in [1.807, 2.05) is 23.5 Å². The summed E-state index contributed by atoms with van der Waals surface area (Å²) in [5, 5.41) is 3.78. The van der Waals surface area contributed by atoms with Gasteiger partial charge in [0.25, 0.3) is 0 Å². The summed E-state index contributed by atoms with van der Waals surface area (Å²) in [6, 6.07) is 14.6. The fraction of sp³-hybridized carbons (Fsp3) is 0.500. The fourth-order valence-electron chi connectivity index (χ4n) is 4.44. The van der Waals surface area contributed by atoms with Crippen LogP contribution in [0.3, 0.4) is 0 Å². The molecule has 1 fully saturated rings. The molecule has 0 amide bonds. The molecule has 2 nitrogen and oxygen atoms in total. The number of fused-ring (bicyclic) bond motifs is 2. The Labute approximate surface area is 178 Å². The lowest BCUT2D eigenvalue weighted by atomic mass is 9.89. The van der Waals surface area contributed by atoms with E-state index in [9.17, 15) is 0 Å². The lowest BCUT2D eigenvalue weighted by Crippen LogP contribution is -2.40. The van der Waals surface area contributed by atoms with Crippen LogP contribution in [0.4, 0.5) is 11.4 Å². The zero-order chi connectivity index (χ0) is 19.5. The van der Waals surface area contributed by atoms with Gasteiger partial charge in [0.05, 0.1) is 11.4 Å². The summed E-state index contributed by atoms with van der Waals surface area (Å²) in [4.78, 5) is 6.75. The van der Waals surface area contributed by atoms with E-state index in [0.29, 0.717) is 6.04 Å². The van der Waals surface area contributed by atoms with Gasteiger partial charge in [-0.15, -0.1) is 11.8 Å². The molecular weight excluding hydrogens is 380 g/mol. The first-order valence-corrected chi connectivity index (χ1v) is 12.5. The van der Waals surface area contributed by atoms with Gasteiger partial charge in [-0.25, -0.2) is 0 Å². The molecule has 1 saturated heterocycles. The maximum Gasteiger partial charge on any atom is 0.0564 e. The predicted molar refractivity (Wildman–Crippen MR) is 125 cm³/mol. The summed E-state index contributed by atoms with van der Waals surface area (Å²) in [5.41, 5.74) is 4.11. The Morgan fingerprint density at radius 2 is 2.00 bits per heavy atom. The molecule has 2 atom stereocenters. The molecule has 0 aromatic heterocycles. The number of benzene rings is 2. The van der Waals surface area contributed by atoms with Gasteiger partial charge in [0.15, 0.2) is 0 Å². The average Bonchev–Trinajstić information content (AvgIpc) is 2.71. The Hall–Kier alpha value is -1.10. The number of aryl methyl sites for hydroxylation is 1. The number of thioether (sulfide) groups is 1. The van der Waals surface area contributed by atoms with Crippen LogP contribution < -0.4 is 10.2 Å². The van der Waals surface area contributed by atoms with E-state index in [1.165, 1.54) is 63.9 Å². The number of piperidine rings is 1.